The molecule has 0 aliphatic heterocycles. The Bertz CT molecular complexity index is 533. The van der Waals surface area contributed by atoms with Crippen LogP contribution in [0.25, 0.3) is 10.3 Å². The van der Waals surface area contributed by atoms with Crippen LogP contribution in [0.1, 0.15) is 5.69 Å². The summed E-state index contributed by atoms with van der Waals surface area (Å²) in [5, 5.41) is 0. The van der Waals surface area contributed by atoms with E-state index in [4.69, 9.17) is 24.4 Å². The number of thiazole rings is 1. The fourth-order valence-corrected chi connectivity index (χ4v) is 2.41. The summed E-state index contributed by atoms with van der Waals surface area (Å²) in [5.74, 6) is 0. The zero-order valence-electron chi connectivity index (χ0n) is 6.17. The van der Waals surface area contributed by atoms with Crippen molar-refractivity contribution in [2.45, 2.75) is 6.92 Å². The number of nitrogens with zero attached hydrogens (tertiary/aromatic N) is 1. The molecule has 2 N–H and O–H groups in total. The molecule has 0 unspecified atom stereocenters. The molecular weight excluding hydrogens is 210 g/mol. The van der Waals surface area contributed by atoms with Crippen molar-refractivity contribution < 1.29 is 0 Å². The Labute approximate surface area is 82.5 Å². The van der Waals surface area contributed by atoms with Crippen LogP contribution in [0.4, 0.5) is 0 Å². The third-order valence-electron chi connectivity index (χ3n) is 1.50. The smallest absolute Gasteiger partial charge is 0.198 e. The maximum absolute atomic E-state index is 4.99. The highest BCUT2D eigenvalue weighted by molar-refractivity contribution is 7.73. The second-order valence-electron chi connectivity index (χ2n) is 2.36. The lowest BCUT2D eigenvalue weighted by molar-refractivity contribution is 1.12. The summed E-state index contributed by atoms with van der Waals surface area (Å²) in [6.07, 6.45) is 0. The molecule has 0 spiro atoms. The number of hydrogen-bond acceptors (Lipinski definition) is 4. The van der Waals surface area contributed by atoms with Crippen LogP contribution >= 0.6 is 35.8 Å². The van der Waals surface area contributed by atoms with Gasteiger partial charge < -0.3 is 9.97 Å². The summed E-state index contributed by atoms with van der Waals surface area (Å²) in [7, 11) is 0. The lowest BCUT2D eigenvalue weighted by Gasteiger charge is -1.92. The van der Waals surface area contributed by atoms with Crippen molar-refractivity contribution in [3.05, 3.63) is 14.4 Å². The van der Waals surface area contributed by atoms with Crippen molar-refractivity contribution in [2.75, 3.05) is 0 Å². The summed E-state index contributed by atoms with van der Waals surface area (Å²) < 4.78 is 1.24. The van der Waals surface area contributed by atoms with Gasteiger partial charge in [0.05, 0.1) is 5.52 Å². The van der Waals surface area contributed by atoms with Crippen molar-refractivity contribution in [3.63, 3.8) is 0 Å². The minimum Gasteiger partial charge on any atom is -0.334 e. The van der Waals surface area contributed by atoms with Gasteiger partial charge in [-0.15, -0.1) is 0 Å². The molecule has 2 aromatic rings. The first-order chi connectivity index (χ1) is 5.66. The lowest BCUT2D eigenvalue weighted by atomic mass is 10.4. The Balaban J connectivity index is 3.07. The Morgan fingerprint density at radius 1 is 1.33 bits per heavy atom. The van der Waals surface area contributed by atoms with Crippen LogP contribution in [0, 0.1) is 15.6 Å². The molecule has 0 aliphatic carbocycles. The first-order valence-electron chi connectivity index (χ1n) is 3.26. The number of H-pyrrole nitrogens is 2. The van der Waals surface area contributed by atoms with Gasteiger partial charge in [-0.1, -0.05) is 11.3 Å². The molecule has 0 atom stereocenters. The molecule has 2 heterocycles. The van der Waals surface area contributed by atoms with E-state index in [0.717, 1.165) is 20.0 Å². The molecule has 3 nitrogen and oxygen atoms in total. The number of aromatic nitrogens is 3. The van der Waals surface area contributed by atoms with E-state index in [9.17, 15) is 0 Å². The van der Waals surface area contributed by atoms with E-state index in [1.54, 1.807) is 0 Å². The predicted molar refractivity (Wildman–Crippen MR) is 54.7 cm³/mol. The standard InChI is InChI=1S/C6H5N3S3/c1-2-3-4(9-5(10)7-2)12-6(11)8-3/h1H3,(H,8,11)(H,7,9,10). The number of aromatic amines is 2. The fourth-order valence-electron chi connectivity index (χ4n) is 0.996. The normalized spacial score (nSPS) is 10.8. The molecule has 0 saturated carbocycles. The Morgan fingerprint density at radius 3 is 2.83 bits per heavy atom. The predicted octanol–water partition coefficient (Wildman–Crippen LogP) is 2.72. The van der Waals surface area contributed by atoms with Crippen LogP contribution in [0.2, 0.25) is 0 Å². The van der Waals surface area contributed by atoms with Gasteiger partial charge in [0.2, 0.25) is 0 Å². The molecule has 0 saturated heterocycles. The number of nitrogens with one attached hydrogen (secondary N) is 2. The lowest BCUT2D eigenvalue weighted by Crippen LogP contribution is -1.86. The molecule has 62 valence electrons. The van der Waals surface area contributed by atoms with Crippen molar-refractivity contribution in [2.24, 2.45) is 0 Å². The quantitative estimate of drug-likeness (QED) is 0.664. The maximum atomic E-state index is 4.99. The van der Waals surface area contributed by atoms with Gasteiger partial charge in [0.25, 0.3) is 0 Å². The highest BCUT2D eigenvalue weighted by Crippen LogP contribution is 2.17. The van der Waals surface area contributed by atoms with E-state index in [1.165, 1.54) is 11.3 Å². The third-order valence-corrected chi connectivity index (χ3v) is 2.82. The molecule has 2 aromatic heterocycles. The summed E-state index contributed by atoms with van der Waals surface area (Å²) in [6, 6.07) is 0. The largest absolute Gasteiger partial charge is 0.334 e. The van der Waals surface area contributed by atoms with Crippen LogP contribution in [-0.4, -0.2) is 15.0 Å². The van der Waals surface area contributed by atoms with Gasteiger partial charge in [0, 0.05) is 5.69 Å². The van der Waals surface area contributed by atoms with Gasteiger partial charge in [0.15, 0.2) is 8.73 Å². The van der Waals surface area contributed by atoms with Crippen LogP contribution in [-0.2, 0) is 0 Å². The highest BCUT2D eigenvalue weighted by atomic mass is 32.1. The van der Waals surface area contributed by atoms with Crippen molar-refractivity contribution in [3.8, 4) is 0 Å². The van der Waals surface area contributed by atoms with E-state index in [0.29, 0.717) is 4.77 Å². The van der Waals surface area contributed by atoms with Crippen molar-refractivity contribution in [1.29, 1.82) is 0 Å². The Hall–Kier alpha value is -0.590. The zero-order chi connectivity index (χ0) is 8.72. The van der Waals surface area contributed by atoms with Gasteiger partial charge in [0.1, 0.15) is 4.83 Å². The summed E-state index contributed by atoms with van der Waals surface area (Å²) in [5.41, 5.74) is 1.94. The topological polar surface area (TPSA) is 44.5 Å². The van der Waals surface area contributed by atoms with Gasteiger partial charge in [-0.05, 0) is 31.4 Å². The van der Waals surface area contributed by atoms with E-state index >= 15 is 0 Å². The molecule has 0 radical (unpaired) electrons. The molecule has 0 bridgehead atoms. The zero-order valence-corrected chi connectivity index (χ0v) is 8.62. The number of aryl methyl sites for hydroxylation is 1. The van der Waals surface area contributed by atoms with Crippen LogP contribution in [0.15, 0.2) is 0 Å². The first-order valence-corrected chi connectivity index (χ1v) is 4.90. The SMILES string of the molecule is Cc1[nH]c(=S)nc2sc(=S)[nH]c12. The third kappa shape index (κ3) is 1.21. The van der Waals surface area contributed by atoms with E-state index in [2.05, 4.69) is 15.0 Å². The second-order valence-corrected chi connectivity index (χ2v) is 4.41. The summed E-state index contributed by atoms with van der Waals surface area (Å²) in [4.78, 5) is 11.0. The number of fused-ring (bicyclic) bond motifs is 1. The molecule has 0 fully saturated rings. The summed E-state index contributed by atoms with van der Waals surface area (Å²) >= 11 is 11.4. The van der Waals surface area contributed by atoms with Gasteiger partial charge in [-0.2, -0.15) is 0 Å². The average molecular weight is 215 g/mol. The fraction of sp³-hybridized carbons (Fsp3) is 0.167. The molecular formula is C6H5N3S3. The Morgan fingerprint density at radius 2 is 2.08 bits per heavy atom. The van der Waals surface area contributed by atoms with Crippen molar-refractivity contribution in [1.82, 2.24) is 15.0 Å². The van der Waals surface area contributed by atoms with Gasteiger partial charge in [-0.25, -0.2) is 4.98 Å². The second kappa shape index (κ2) is 2.72. The van der Waals surface area contributed by atoms with Crippen molar-refractivity contribution >= 4 is 46.1 Å². The minimum absolute atomic E-state index is 0.505. The minimum atomic E-state index is 0.505. The number of rotatable bonds is 0. The molecule has 6 heteroatoms. The van der Waals surface area contributed by atoms with Gasteiger partial charge >= 0.3 is 0 Å². The van der Waals surface area contributed by atoms with Crippen LogP contribution in [0.5, 0.6) is 0 Å². The molecule has 0 aliphatic rings. The van der Waals surface area contributed by atoms with Gasteiger partial charge in [-0.3, -0.25) is 0 Å². The van der Waals surface area contributed by atoms with E-state index in [1.807, 2.05) is 6.92 Å². The van der Waals surface area contributed by atoms with Crippen LogP contribution < -0.4 is 0 Å². The maximum Gasteiger partial charge on any atom is 0.198 e. The van der Waals surface area contributed by atoms with Crippen LogP contribution in [0.3, 0.4) is 0 Å². The Kier molecular flexibility index (Phi) is 1.82. The first kappa shape index (κ1) is 8.03. The van der Waals surface area contributed by atoms with E-state index in [-0.39, 0.29) is 0 Å². The highest BCUT2D eigenvalue weighted by Gasteiger charge is 2.01. The molecule has 2 rings (SSSR count). The molecule has 0 amide bonds. The molecule has 12 heavy (non-hydrogen) atoms. The van der Waals surface area contributed by atoms with E-state index < -0.39 is 0 Å². The molecule has 0 aromatic carbocycles. The summed E-state index contributed by atoms with van der Waals surface area (Å²) in [6.45, 7) is 1.94. The monoisotopic (exact) mass is 215 g/mol. The average Bonchev–Trinajstić information content (AvgIpc) is 2.29. The number of hydrogen-bond donors (Lipinski definition) is 2.